The molecule has 2 aromatic rings. The highest BCUT2D eigenvalue weighted by Crippen LogP contribution is 2.14. The van der Waals surface area contributed by atoms with Gasteiger partial charge in [-0.3, -0.25) is 4.99 Å². The second kappa shape index (κ2) is 5.75. The van der Waals surface area contributed by atoms with Crippen molar-refractivity contribution < 1.29 is 10.4 Å². The average molecular weight is 263 g/mol. The standard InChI is InChI=1S/C13H11ClN2O2/c14-11-3-1-10(2-4-11)9-15-12-5-7-13(8-6-12)16(17)18/h1-9,16-17H. The van der Waals surface area contributed by atoms with Crippen LogP contribution in [0, 0.1) is 5.21 Å². The lowest BCUT2D eigenvalue weighted by atomic mass is 10.2. The molecule has 5 heteroatoms. The van der Waals surface area contributed by atoms with Crippen molar-refractivity contribution in [1.82, 2.24) is 0 Å². The summed E-state index contributed by atoms with van der Waals surface area (Å²) >= 11 is 5.78. The van der Waals surface area contributed by atoms with E-state index in [0.29, 0.717) is 10.7 Å². The van der Waals surface area contributed by atoms with Crippen LogP contribution in [-0.4, -0.2) is 11.4 Å². The molecule has 0 aliphatic carbocycles. The van der Waals surface area contributed by atoms with Gasteiger partial charge in [0.2, 0.25) is 0 Å². The molecule has 0 bridgehead atoms. The Hall–Kier alpha value is -1.72. The molecule has 0 saturated carbocycles. The molecule has 0 aliphatic rings. The minimum Gasteiger partial charge on any atom is -0.595 e. The number of halogens is 1. The molecule has 2 rings (SSSR count). The monoisotopic (exact) mass is 262 g/mol. The van der Waals surface area contributed by atoms with Gasteiger partial charge in [-0.1, -0.05) is 23.7 Å². The summed E-state index contributed by atoms with van der Waals surface area (Å²) in [7, 11) is 0. The van der Waals surface area contributed by atoms with Gasteiger partial charge in [0, 0.05) is 23.4 Å². The minimum absolute atomic E-state index is 0.250. The fourth-order valence-corrected chi connectivity index (χ4v) is 1.51. The van der Waals surface area contributed by atoms with Crippen LogP contribution in [0.15, 0.2) is 53.5 Å². The van der Waals surface area contributed by atoms with Gasteiger partial charge < -0.3 is 5.21 Å². The van der Waals surface area contributed by atoms with Crippen LogP contribution in [0.25, 0.3) is 0 Å². The van der Waals surface area contributed by atoms with Crippen molar-refractivity contribution in [3.8, 4) is 0 Å². The summed E-state index contributed by atoms with van der Waals surface area (Å²) in [5.74, 6) is 0. The van der Waals surface area contributed by atoms with Crippen molar-refractivity contribution in [3.63, 3.8) is 0 Å². The fourth-order valence-electron chi connectivity index (χ4n) is 1.39. The fraction of sp³-hybridized carbons (Fsp3) is 0. The van der Waals surface area contributed by atoms with E-state index >= 15 is 0 Å². The van der Waals surface area contributed by atoms with Gasteiger partial charge in [0.15, 0.2) is 5.69 Å². The van der Waals surface area contributed by atoms with E-state index in [-0.39, 0.29) is 5.69 Å². The highest BCUT2D eigenvalue weighted by Gasteiger charge is 1.98. The Kier molecular flexibility index (Phi) is 4.07. The smallest absolute Gasteiger partial charge is 0.163 e. The number of hydrogen-bond acceptors (Lipinski definition) is 3. The van der Waals surface area contributed by atoms with Crippen LogP contribution in [0.3, 0.4) is 0 Å². The molecule has 18 heavy (non-hydrogen) atoms. The van der Waals surface area contributed by atoms with Crippen molar-refractivity contribution in [2.75, 3.05) is 0 Å². The third-order valence-electron chi connectivity index (χ3n) is 2.35. The molecule has 0 spiro atoms. The predicted molar refractivity (Wildman–Crippen MR) is 70.9 cm³/mol. The van der Waals surface area contributed by atoms with E-state index in [2.05, 4.69) is 4.99 Å². The highest BCUT2D eigenvalue weighted by molar-refractivity contribution is 6.30. The lowest BCUT2D eigenvalue weighted by Crippen LogP contribution is -2.99. The zero-order valence-electron chi connectivity index (χ0n) is 9.38. The summed E-state index contributed by atoms with van der Waals surface area (Å²) in [6.45, 7) is 0. The van der Waals surface area contributed by atoms with Gasteiger partial charge in [-0.25, -0.2) is 5.21 Å². The van der Waals surface area contributed by atoms with Gasteiger partial charge >= 0.3 is 0 Å². The van der Waals surface area contributed by atoms with Crippen LogP contribution in [0.2, 0.25) is 5.02 Å². The Labute approximate surface area is 109 Å². The Balaban J connectivity index is 2.11. The molecule has 0 saturated heterocycles. The normalized spacial score (nSPS) is 12.8. The van der Waals surface area contributed by atoms with E-state index in [4.69, 9.17) is 16.8 Å². The van der Waals surface area contributed by atoms with E-state index in [9.17, 15) is 5.21 Å². The van der Waals surface area contributed by atoms with Crippen molar-refractivity contribution in [3.05, 3.63) is 64.3 Å². The third kappa shape index (κ3) is 3.38. The van der Waals surface area contributed by atoms with Crippen molar-refractivity contribution in [2.45, 2.75) is 0 Å². The van der Waals surface area contributed by atoms with Crippen LogP contribution in [0.1, 0.15) is 5.56 Å². The first-order chi connectivity index (χ1) is 8.65. The lowest BCUT2D eigenvalue weighted by Gasteiger charge is -2.10. The second-order valence-corrected chi connectivity index (χ2v) is 4.10. The number of nitrogens with one attached hydrogen (secondary N) is 1. The predicted octanol–water partition coefficient (Wildman–Crippen LogP) is 2.49. The number of nitrogens with zero attached hydrogens (tertiary/aromatic N) is 1. The zero-order chi connectivity index (χ0) is 13.0. The number of benzene rings is 2. The minimum atomic E-state index is -0.941. The quantitative estimate of drug-likeness (QED) is 0.659. The van der Waals surface area contributed by atoms with Crippen molar-refractivity contribution in [1.29, 1.82) is 0 Å². The first kappa shape index (κ1) is 12.7. The molecule has 1 unspecified atom stereocenters. The summed E-state index contributed by atoms with van der Waals surface area (Å²) in [5.41, 5.74) is 1.89. The number of aliphatic imine (C=N–C) groups is 1. The second-order valence-electron chi connectivity index (χ2n) is 3.66. The molecule has 0 amide bonds. The van der Waals surface area contributed by atoms with Gasteiger partial charge in [0.25, 0.3) is 0 Å². The third-order valence-corrected chi connectivity index (χ3v) is 2.60. The Bertz CT molecular complexity index is 536. The van der Waals surface area contributed by atoms with E-state index < -0.39 is 5.23 Å². The molecule has 4 nitrogen and oxygen atoms in total. The van der Waals surface area contributed by atoms with Crippen molar-refractivity contribution >= 4 is 29.2 Å². The van der Waals surface area contributed by atoms with E-state index in [1.54, 1.807) is 30.5 Å². The molecule has 0 aromatic heterocycles. The maximum atomic E-state index is 10.7. The maximum Gasteiger partial charge on any atom is 0.163 e. The molecule has 0 aliphatic heterocycles. The van der Waals surface area contributed by atoms with Crippen LogP contribution in [0.4, 0.5) is 11.4 Å². The summed E-state index contributed by atoms with van der Waals surface area (Å²) in [6, 6.07) is 13.7. The van der Waals surface area contributed by atoms with E-state index in [0.717, 1.165) is 5.56 Å². The number of rotatable bonds is 3. The molecule has 0 fully saturated rings. The topological polar surface area (TPSA) is 60.1 Å². The van der Waals surface area contributed by atoms with Gasteiger partial charge in [-0.05, 0) is 29.8 Å². The van der Waals surface area contributed by atoms with Gasteiger partial charge in [0.05, 0.1) is 5.69 Å². The molecule has 92 valence electrons. The van der Waals surface area contributed by atoms with Crippen LogP contribution in [-0.2, 0) is 0 Å². The first-order valence-electron chi connectivity index (χ1n) is 5.28. The largest absolute Gasteiger partial charge is 0.595 e. The SMILES string of the molecule is [O-][NH+](O)c1ccc(N=Cc2ccc(Cl)cc2)cc1. The van der Waals surface area contributed by atoms with E-state index in [1.165, 1.54) is 12.1 Å². The molecular formula is C13H11ClN2O2. The lowest BCUT2D eigenvalue weighted by molar-refractivity contribution is -0.991. The van der Waals surface area contributed by atoms with Crippen LogP contribution < -0.4 is 5.23 Å². The summed E-state index contributed by atoms with van der Waals surface area (Å²) in [5, 5.41) is 19.2. The summed E-state index contributed by atoms with van der Waals surface area (Å²) in [6.07, 6.45) is 1.70. The highest BCUT2D eigenvalue weighted by atomic mass is 35.5. The average Bonchev–Trinajstić information content (AvgIpc) is 2.38. The van der Waals surface area contributed by atoms with E-state index in [1.807, 2.05) is 12.1 Å². The number of quaternary nitrogens is 1. The Morgan fingerprint density at radius 1 is 1.06 bits per heavy atom. The maximum absolute atomic E-state index is 10.7. The summed E-state index contributed by atoms with van der Waals surface area (Å²) < 4.78 is 0. The number of hydrogen-bond donors (Lipinski definition) is 2. The van der Waals surface area contributed by atoms with Crippen LogP contribution in [0.5, 0.6) is 0 Å². The molecule has 0 heterocycles. The Morgan fingerprint density at radius 2 is 1.67 bits per heavy atom. The molecule has 2 N–H and O–H groups in total. The zero-order valence-corrected chi connectivity index (χ0v) is 10.1. The summed E-state index contributed by atoms with van der Waals surface area (Å²) in [4.78, 5) is 4.25. The first-order valence-corrected chi connectivity index (χ1v) is 5.66. The van der Waals surface area contributed by atoms with Gasteiger partial charge in [-0.15, -0.1) is 0 Å². The van der Waals surface area contributed by atoms with Gasteiger partial charge in [-0.2, -0.15) is 5.23 Å². The molecule has 1 atom stereocenters. The van der Waals surface area contributed by atoms with Crippen molar-refractivity contribution in [2.24, 2.45) is 4.99 Å². The van der Waals surface area contributed by atoms with Crippen LogP contribution >= 0.6 is 11.6 Å². The molecule has 2 aromatic carbocycles. The van der Waals surface area contributed by atoms with Gasteiger partial charge in [0.1, 0.15) is 0 Å². The molecular weight excluding hydrogens is 252 g/mol. The molecule has 0 radical (unpaired) electrons. The Morgan fingerprint density at radius 3 is 2.22 bits per heavy atom.